The third kappa shape index (κ3) is 1.52. The van der Waals surface area contributed by atoms with Gasteiger partial charge in [0.05, 0.1) is 13.2 Å². The predicted molar refractivity (Wildman–Crippen MR) is 37.4 cm³/mol. The molecule has 0 aromatic rings. The molecule has 0 aliphatic carbocycles. The van der Waals surface area contributed by atoms with Crippen LogP contribution in [0.5, 0.6) is 0 Å². The maximum Gasteiger partial charge on any atom is 0.338 e. The first-order valence-electron chi connectivity index (χ1n) is 3.66. The minimum absolute atomic E-state index is 0.177. The van der Waals surface area contributed by atoms with Gasteiger partial charge in [0.25, 0.3) is 0 Å². The van der Waals surface area contributed by atoms with Crippen LogP contribution < -0.4 is 0 Å². The van der Waals surface area contributed by atoms with Crippen molar-refractivity contribution in [2.75, 3.05) is 19.8 Å². The monoisotopic (exact) mass is 160 g/mol. The van der Waals surface area contributed by atoms with E-state index >= 15 is 0 Å². The maximum atomic E-state index is 10.7. The van der Waals surface area contributed by atoms with Crippen LogP contribution in [0.15, 0.2) is 0 Å². The third-order valence-corrected chi connectivity index (χ3v) is 1.80. The zero-order valence-electron chi connectivity index (χ0n) is 6.50. The molecule has 0 saturated carbocycles. The molecule has 4 heteroatoms. The number of carboxylic acid groups (broad SMARTS) is 1. The highest BCUT2D eigenvalue weighted by Gasteiger charge is 2.43. The quantitative estimate of drug-likeness (QED) is 0.643. The van der Waals surface area contributed by atoms with Gasteiger partial charge in [-0.05, 0) is 6.92 Å². The average molecular weight is 160 g/mol. The van der Waals surface area contributed by atoms with E-state index in [1.807, 2.05) is 0 Å². The van der Waals surface area contributed by atoms with E-state index in [2.05, 4.69) is 0 Å². The molecular weight excluding hydrogens is 148 g/mol. The molecule has 0 amide bonds. The average Bonchev–Trinajstić information content (AvgIpc) is 2.38. The van der Waals surface area contributed by atoms with Gasteiger partial charge < -0.3 is 14.6 Å². The summed E-state index contributed by atoms with van der Waals surface area (Å²) in [4.78, 5) is 10.7. The first-order valence-corrected chi connectivity index (χ1v) is 3.66. The highest BCUT2D eigenvalue weighted by Crippen LogP contribution is 2.23. The zero-order valence-corrected chi connectivity index (χ0v) is 6.50. The highest BCUT2D eigenvalue weighted by molar-refractivity contribution is 5.78. The summed E-state index contributed by atoms with van der Waals surface area (Å²) in [5.41, 5.74) is -1.06. The SMILES string of the molecule is CCOC1(C(=O)O)CCOC1. The normalized spacial score (nSPS) is 30.6. The molecule has 0 aromatic heterocycles. The van der Waals surface area contributed by atoms with Gasteiger partial charge in [0.2, 0.25) is 0 Å². The summed E-state index contributed by atoms with van der Waals surface area (Å²) in [6.07, 6.45) is 0.455. The summed E-state index contributed by atoms with van der Waals surface area (Å²) >= 11 is 0. The van der Waals surface area contributed by atoms with E-state index in [0.29, 0.717) is 19.6 Å². The van der Waals surface area contributed by atoms with Crippen LogP contribution in [0.3, 0.4) is 0 Å². The molecule has 0 spiro atoms. The fraction of sp³-hybridized carbons (Fsp3) is 0.857. The van der Waals surface area contributed by atoms with Crippen LogP contribution in [-0.2, 0) is 14.3 Å². The molecule has 11 heavy (non-hydrogen) atoms. The number of aliphatic carboxylic acids is 1. The molecular formula is C7H12O4. The lowest BCUT2D eigenvalue weighted by Crippen LogP contribution is -2.42. The zero-order chi connectivity index (χ0) is 8.32. The molecule has 1 unspecified atom stereocenters. The number of carbonyl (C=O) groups is 1. The smallest absolute Gasteiger partial charge is 0.338 e. The second kappa shape index (κ2) is 3.19. The molecule has 0 bridgehead atoms. The van der Waals surface area contributed by atoms with Crippen molar-refractivity contribution in [3.63, 3.8) is 0 Å². The molecule has 1 aliphatic rings. The standard InChI is InChI=1S/C7H12O4/c1-2-11-7(6(8)9)3-4-10-5-7/h2-5H2,1H3,(H,8,9). The highest BCUT2D eigenvalue weighted by atomic mass is 16.6. The lowest BCUT2D eigenvalue weighted by Gasteiger charge is -2.21. The van der Waals surface area contributed by atoms with Crippen molar-refractivity contribution in [3.8, 4) is 0 Å². The van der Waals surface area contributed by atoms with Gasteiger partial charge >= 0.3 is 5.97 Å². The molecule has 64 valence electrons. The molecule has 0 aromatic carbocycles. The molecule has 1 heterocycles. The summed E-state index contributed by atoms with van der Waals surface area (Å²) < 4.78 is 10.1. The molecule has 1 fully saturated rings. The maximum absolute atomic E-state index is 10.7. The van der Waals surface area contributed by atoms with Crippen molar-refractivity contribution in [3.05, 3.63) is 0 Å². The van der Waals surface area contributed by atoms with Gasteiger partial charge in [0.1, 0.15) is 0 Å². The number of ether oxygens (including phenoxy) is 2. The number of hydrogen-bond acceptors (Lipinski definition) is 3. The van der Waals surface area contributed by atoms with E-state index in [-0.39, 0.29) is 6.61 Å². The van der Waals surface area contributed by atoms with Gasteiger partial charge in [-0.15, -0.1) is 0 Å². The summed E-state index contributed by atoms with van der Waals surface area (Å²) in [7, 11) is 0. The van der Waals surface area contributed by atoms with Crippen LogP contribution in [0.1, 0.15) is 13.3 Å². The Morgan fingerprint density at radius 3 is 2.91 bits per heavy atom. The molecule has 1 rings (SSSR count). The van der Waals surface area contributed by atoms with E-state index in [1.54, 1.807) is 6.92 Å². The molecule has 1 N–H and O–H groups in total. The van der Waals surface area contributed by atoms with Crippen molar-refractivity contribution in [2.45, 2.75) is 18.9 Å². The topological polar surface area (TPSA) is 55.8 Å². The van der Waals surface area contributed by atoms with Gasteiger partial charge in [-0.25, -0.2) is 4.79 Å². The van der Waals surface area contributed by atoms with E-state index in [4.69, 9.17) is 14.6 Å². The Morgan fingerprint density at radius 1 is 1.82 bits per heavy atom. The van der Waals surface area contributed by atoms with Crippen molar-refractivity contribution in [1.29, 1.82) is 0 Å². The second-order valence-electron chi connectivity index (χ2n) is 2.54. The van der Waals surface area contributed by atoms with E-state index in [1.165, 1.54) is 0 Å². The predicted octanol–water partition coefficient (Wildman–Crippen LogP) is 0.267. The fourth-order valence-electron chi connectivity index (χ4n) is 1.17. The van der Waals surface area contributed by atoms with Gasteiger partial charge in [-0.1, -0.05) is 0 Å². The van der Waals surface area contributed by atoms with Crippen LogP contribution >= 0.6 is 0 Å². The Hall–Kier alpha value is -0.610. The van der Waals surface area contributed by atoms with Crippen LogP contribution in [-0.4, -0.2) is 36.5 Å². The van der Waals surface area contributed by atoms with Gasteiger partial charge in [0, 0.05) is 13.0 Å². The Morgan fingerprint density at radius 2 is 2.55 bits per heavy atom. The minimum Gasteiger partial charge on any atom is -0.479 e. The summed E-state index contributed by atoms with van der Waals surface area (Å²) in [5, 5.41) is 8.79. The van der Waals surface area contributed by atoms with E-state index < -0.39 is 11.6 Å². The molecule has 1 saturated heterocycles. The summed E-state index contributed by atoms with van der Waals surface area (Å²) in [5.74, 6) is -0.920. The lowest BCUT2D eigenvalue weighted by molar-refractivity contribution is -0.165. The second-order valence-corrected chi connectivity index (χ2v) is 2.54. The van der Waals surface area contributed by atoms with Crippen LogP contribution in [0.2, 0.25) is 0 Å². The summed E-state index contributed by atoms with van der Waals surface area (Å²) in [6.45, 7) is 2.85. The Labute approximate surface area is 65.1 Å². The Bertz CT molecular complexity index is 149. The van der Waals surface area contributed by atoms with Crippen LogP contribution in [0, 0.1) is 0 Å². The lowest BCUT2D eigenvalue weighted by atomic mass is 10.0. The Balaban J connectivity index is 2.62. The van der Waals surface area contributed by atoms with Gasteiger partial charge in [0.15, 0.2) is 5.60 Å². The largest absolute Gasteiger partial charge is 0.479 e. The first kappa shape index (κ1) is 8.49. The molecule has 0 radical (unpaired) electrons. The third-order valence-electron chi connectivity index (χ3n) is 1.80. The molecule has 1 aliphatic heterocycles. The van der Waals surface area contributed by atoms with E-state index in [9.17, 15) is 4.79 Å². The van der Waals surface area contributed by atoms with Crippen LogP contribution in [0.4, 0.5) is 0 Å². The first-order chi connectivity index (χ1) is 5.21. The number of hydrogen-bond donors (Lipinski definition) is 1. The van der Waals surface area contributed by atoms with Crippen molar-refractivity contribution >= 4 is 5.97 Å². The number of carboxylic acids is 1. The van der Waals surface area contributed by atoms with Crippen molar-refractivity contribution in [1.82, 2.24) is 0 Å². The number of rotatable bonds is 3. The molecule has 1 atom stereocenters. The minimum atomic E-state index is -1.06. The summed E-state index contributed by atoms with van der Waals surface area (Å²) in [6, 6.07) is 0. The van der Waals surface area contributed by atoms with Crippen molar-refractivity contribution in [2.24, 2.45) is 0 Å². The van der Waals surface area contributed by atoms with Crippen molar-refractivity contribution < 1.29 is 19.4 Å². The van der Waals surface area contributed by atoms with Gasteiger partial charge in [-0.2, -0.15) is 0 Å². The Kier molecular flexibility index (Phi) is 2.46. The van der Waals surface area contributed by atoms with E-state index in [0.717, 1.165) is 0 Å². The van der Waals surface area contributed by atoms with Crippen LogP contribution in [0.25, 0.3) is 0 Å². The molecule has 4 nitrogen and oxygen atoms in total. The fourth-order valence-corrected chi connectivity index (χ4v) is 1.17. The van der Waals surface area contributed by atoms with Gasteiger partial charge in [-0.3, -0.25) is 0 Å².